The van der Waals surface area contributed by atoms with Crippen LogP contribution in [-0.2, 0) is 20.6 Å². The van der Waals surface area contributed by atoms with Gasteiger partial charge in [0.15, 0.2) is 5.96 Å². The summed E-state index contributed by atoms with van der Waals surface area (Å²) < 4.78 is 12.9. The van der Waals surface area contributed by atoms with E-state index in [1.807, 2.05) is 6.07 Å². The Labute approximate surface area is 174 Å². The molecule has 0 saturated carbocycles. The first-order valence-corrected chi connectivity index (χ1v) is 11.1. The first-order valence-electron chi connectivity index (χ1n) is 9.15. The summed E-state index contributed by atoms with van der Waals surface area (Å²) in [4.78, 5) is 38.4. The maximum Gasteiger partial charge on any atom is 0.311 e. The SMILES string of the molecule is CC(NC(=O)Cc1ccccc1)P(=O)(O)CC(C(=O)O)c1cccc(N=C(N)N)c1. The number of nitrogens with one attached hydrogen (secondary N) is 1. The normalized spacial score (nSPS) is 14.7. The molecule has 2 rings (SSSR count). The molecular weight excluding hydrogens is 407 g/mol. The van der Waals surface area contributed by atoms with Crippen molar-refractivity contribution >= 4 is 30.9 Å². The molecule has 0 saturated heterocycles. The molecule has 0 radical (unpaired) electrons. The maximum absolute atomic E-state index is 12.9. The number of hydrogen-bond acceptors (Lipinski definition) is 4. The Morgan fingerprint density at radius 2 is 1.80 bits per heavy atom. The third kappa shape index (κ3) is 6.72. The van der Waals surface area contributed by atoms with Crippen LogP contribution in [-0.4, -0.2) is 39.8 Å². The van der Waals surface area contributed by atoms with Gasteiger partial charge in [0.05, 0.1) is 18.0 Å². The first-order chi connectivity index (χ1) is 14.1. The summed E-state index contributed by atoms with van der Waals surface area (Å²) in [6, 6.07) is 15.0. The van der Waals surface area contributed by atoms with Crippen molar-refractivity contribution in [3.63, 3.8) is 0 Å². The van der Waals surface area contributed by atoms with Gasteiger partial charge in [-0.1, -0.05) is 42.5 Å². The molecule has 0 aliphatic rings. The van der Waals surface area contributed by atoms with Crippen LogP contribution in [0.3, 0.4) is 0 Å². The third-order valence-corrected chi connectivity index (χ3v) is 6.68. The van der Waals surface area contributed by atoms with E-state index in [9.17, 15) is 24.2 Å². The van der Waals surface area contributed by atoms with Gasteiger partial charge in [-0.05, 0) is 30.2 Å². The minimum absolute atomic E-state index is 0.0497. The van der Waals surface area contributed by atoms with Gasteiger partial charge in [0.2, 0.25) is 13.3 Å². The van der Waals surface area contributed by atoms with Crippen LogP contribution >= 0.6 is 7.37 Å². The molecule has 3 atom stereocenters. The zero-order valence-electron chi connectivity index (χ0n) is 16.4. The van der Waals surface area contributed by atoms with Crippen LogP contribution in [0.2, 0.25) is 0 Å². The van der Waals surface area contributed by atoms with Crippen LogP contribution in [0.1, 0.15) is 24.0 Å². The topological polar surface area (TPSA) is 168 Å². The lowest BCUT2D eigenvalue weighted by Gasteiger charge is -2.24. The molecular formula is C20H25N4O5P. The summed E-state index contributed by atoms with van der Waals surface area (Å²) in [5, 5.41) is 12.1. The van der Waals surface area contributed by atoms with Crippen molar-refractivity contribution < 1.29 is 24.2 Å². The van der Waals surface area contributed by atoms with Crippen molar-refractivity contribution in [1.82, 2.24) is 5.32 Å². The second-order valence-electron chi connectivity index (χ2n) is 6.87. The molecule has 1 amide bonds. The Hall–Kier alpha value is -3.16. The largest absolute Gasteiger partial charge is 0.481 e. The van der Waals surface area contributed by atoms with Crippen molar-refractivity contribution in [3.05, 3.63) is 65.7 Å². The fraction of sp³-hybridized carbons (Fsp3) is 0.250. The average Bonchev–Trinajstić information content (AvgIpc) is 2.66. The smallest absolute Gasteiger partial charge is 0.311 e. The molecule has 0 heterocycles. The molecule has 0 spiro atoms. The van der Waals surface area contributed by atoms with Gasteiger partial charge in [0, 0.05) is 6.16 Å². The van der Waals surface area contributed by atoms with Crippen molar-refractivity contribution in [1.29, 1.82) is 0 Å². The minimum atomic E-state index is -4.06. The van der Waals surface area contributed by atoms with E-state index in [0.29, 0.717) is 5.69 Å². The van der Waals surface area contributed by atoms with Gasteiger partial charge in [-0.2, -0.15) is 0 Å². The van der Waals surface area contributed by atoms with Crippen molar-refractivity contribution in [2.75, 3.05) is 6.16 Å². The summed E-state index contributed by atoms with van der Waals surface area (Å²) in [6.07, 6.45) is -0.505. The van der Waals surface area contributed by atoms with Gasteiger partial charge in [-0.25, -0.2) is 4.99 Å². The Kier molecular flexibility index (Phi) is 7.74. The molecule has 0 aromatic heterocycles. The lowest BCUT2D eigenvalue weighted by molar-refractivity contribution is -0.138. The highest BCUT2D eigenvalue weighted by Crippen LogP contribution is 2.48. The fourth-order valence-corrected chi connectivity index (χ4v) is 4.42. The Bertz CT molecular complexity index is 976. The lowest BCUT2D eigenvalue weighted by Crippen LogP contribution is -2.35. The van der Waals surface area contributed by atoms with E-state index in [2.05, 4.69) is 10.3 Å². The number of nitrogens with two attached hydrogens (primary N) is 2. The molecule has 10 heteroatoms. The molecule has 0 bridgehead atoms. The van der Waals surface area contributed by atoms with E-state index in [-0.39, 0.29) is 17.9 Å². The summed E-state index contributed by atoms with van der Waals surface area (Å²) in [7, 11) is -4.06. The van der Waals surface area contributed by atoms with Gasteiger partial charge in [0.1, 0.15) is 5.78 Å². The number of hydrogen-bond donors (Lipinski definition) is 5. The highest BCUT2D eigenvalue weighted by Gasteiger charge is 2.35. The number of benzene rings is 2. The molecule has 2 aromatic carbocycles. The second kappa shape index (κ2) is 10.0. The molecule has 30 heavy (non-hydrogen) atoms. The third-order valence-electron chi connectivity index (χ3n) is 4.46. The zero-order chi connectivity index (χ0) is 22.3. The molecule has 9 nitrogen and oxygen atoms in total. The van der Waals surface area contributed by atoms with Crippen LogP contribution in [0, 0.1) is 0 Å². The van der Waals surface area contributed by atoms with E-state index in [4.69, 9.17) is 11.5 Å². The Morgan fingerprint density at radius 1 is 1.13 bits per heavy atom. The van der Waals surface area contributed by atoms with Gasteiger partial charge in [-0.15, -0.1) is 0 Å². The number of rotatable bonds is 9. The Balaban J connectivity index is 2.13. The fourth-order valence-electron chi connectivity index (χ4n) is 2.87. The molecule has 0 aliphatic carbocycles. The number of amides is 1. The van der Waals surface area contributed by atoms with Crippen molar-refractivity contribution in [2.24, 2.45) is 16.5 Å². The quantitative estimate of drug-likeness (QED) is 0.228. The zero-order valence-corrected chi connectivity index (χ0v) is 17.3. The van der Waals surface area contributed by atoms with Crippen molar-refractivity contribution in [2.45, 2.75) is 25.0 Å². The summed E-state index contributed by atoms with van der Waals surface area (Å²) in [5.74, 6) is -4.28. The second-order valence-corrected chi connectivity index (χ2v) is 9.52. The first kappa shape index (κ1) is 23.1. The van der Waals surface area contributed by atoms with Gasteiger partial charge in [0.25, 0.3) is 0 Å². The van der Waals surface area contributed by atoms with Crippen LogP contribution in [0.15, 0.2) is 59.6 Å². The van der Waals surface area contributed by atoms with E-state index in [0.717, 1.165) is 5.56 Å². The maximum atomic E-state index is 12.9. The monoisotopic (exact) mass is 432 g/mol. The number of nitrogens with zero attached hydrogens (tertiary/aromatic N) is 1. The molecule has 2 aromatic rings. The number of carbonyl (C=O) groups is 2. The van der Waals surface area contributed by atoms with Crippen LogP contribution in [0.4, 0.5) is 5.69 Å². The lowest BCUT2D eigenvalue weighted by atomic mass is 10.0. The predicted molar refractivity (Wildman–Crippen MR) is 115 cm³/mol. The molecule has 7 N–H and O–H groups in total. The predicted octanol–water partition coefficient (Wildman–Crippen LogP) is 1.73. The standard InChI is InChI=1S/C20H25N4O5P/c1-13(23-18(25)10-14-6-3-2-4-7-14)30(28,29)12-17(19(26)27)15-8-5-9-16(11-15)24-20(21)22/h2-9,11,13,17H,10,12H2,1H3,(H,23,25)(H,26,27)(H,28,29)(H4,21,22,24). The van der Waals surface area contributed by atoms with E-state index in [1.54, 1.807) is 36.4 Å². The van der Waals surface area contributed by atoms with Crippen LogP contribution in [0.5, 0.6) is 0 Å². The number of guanidine groups is 1. The molecule has 3 unspecified atom stereocenters. The number of aliphatic carboxylic acids is 1. The number of carboxylic acids is 1. The van der Waals surface area contributed by atoms with Gasteiger partial charge >= 0.3 is 5.97 Å². The summed E-state index contributed by atoms with van der Waals surface area (Å²) in [5.41, 5.74) is 12.0. The molecule has 0 aliphatic heterocycles. The number of carbonyl (C=O) groups excluding carboxylic acids is 1. The van der Waals surface area contributed by atoms with Crippen LogP contribution < -0.4 is 16.8 Å². The highest BCUT2D eigenvalue weighted by atomic mass is 31.2. The van der Waals surface area contributed by atoms with Gasteiger partial charge in [-0.3, -0.25) is 14.2 Å². The Morgan fingerprint density at radius 3 is 2.40 bits per heavy atom. The van der Waals surface area contributed by atoms with Gasteiger partial charge < -0.3 is 26.8 Å². The van der Waals surface area contributed by atoms with Crippen LogP contribution in [0.25, 0.3) is 0 Å². The number of carboxylic acid groups (broad SMARTS) is 1. The summed E-state index contributed by atoms with van der Waals surface area (Å²) >= 11 is 0. The molecule has 0 fully saturated rings. The minimum Gasteiger partial charge on any atom is -0.481 e. The highest BCUT2D eigenvalue weighted by molar-refractivity contribution is 7.58. The van der Waals surface area contributed by atoms with E-state index >= 15 is 0 Å². The number of aliphatic imine (C=N–C) groups is 1. The van der Waals surface area contributed by atoms with E-state index in [1.165, 1.54) is 19.1 Å². The molecule has 160 valence electrons. The van der Waals surface area contributed by atoms with E-state index < -0.39 is 37.1 Å². The average molecular weight is 432 g/mol. The summed E-state index contributed by atoms with van der Waals surface area (Å²) in [6.45, 7) is 1.39. The van der Waals surface area contributed by atoms with Crippen molar-refractivity contribution in [3.8, 4) is 0 Å².